The van der Waals surface area contributed by atoms with E-state index in [0.717, 1.165) is 0 Å². The summed E-state index contributed by atoms with van der Waals surface area (Å²) in [6.45, 7) is 0.153. The molecule has 0 aliphatic rings. The molecule has 0 atom stereocenters. The largest absolute Gasteiger partial charge is 0.471 e. The van der Waals surface area contributed by atoms with E-state index in [2.05, 4.69) is 14.7 Å². The lowest BCUT2D eigenvalue weighted by Gasteiger charge is -2.03. The van der Waals surface area contributed by atoms with Crippen molar-refractivity contribution in [2.45, 2.75) is 6.18 Å². The van der Waals surface area contributed by atoms with Gasteiger partial charge in [-0.15, -0.1) is 0 Å². The van der Waals surface area contributed by atoms with E-state index in [1.165, 1.54) is 19.2 Å². The van der Waals surface area contributed by atoms with Crippen LogP contribution in [0.1, 0.15) is 11.5 Å². The first-order chi connectivity index (χ1) is 9.41. The van der Waals surface area contributed by atoms with E-state index in [4.69, 9.17) is 10.1 Å². The number of nitrogens with one attached hydrogen (secondary N) is 1. The van der Waals surface area contributed by atoms with Crippen molar-refractivity contribution in [1.29, 1.82) is 5.41 Å². The van der Waals surface area contributed by atoms with Crippen LogP contribution in [0.2, 0.25) is 0 Å². The molecule has 0 bridgehead atoms. The molecule has 1 aromatic heterocycles. The minimum atomic E-state index is -4.66. The Labute approximate surface area is 111 Å². The predicted molar refractivity (Wildman–Crippen MR) is 63.4 cm³/mol. The number of methoxy groups -OCH3 is 1. The highest BCUT2D eigenvalue weighted by Crippen LogP contribution is 2.29. The maximum Gasteiger partial charge on any atom is 0.471 e. The molecule has 2 rings (SSSR count). The zero-order valence-corrected chi connectivity index (χ0v) is 10.4. The van der Waals surface area contributed by atoms with Gasteiger partial charge in [-0.1, -0.05) is 29.4 Å². The molecule has 1 aromatic carbocycles. The maximum absolute atomic E-state index is 12.3. The van der Waals surface area contributed by atoms with Gasteiger partial charge in [0.15, 0.2) is 0 Å². The summed E-state index contributed by atoms with van der Waals surface area (Å²) in [6, 6.07) is 6.20. The molecule has 8 heteroatoms. The number of halogens is 3. The van der Waals surface area contributed by atoms with Crippen LogP contribution in [0.4, 0.5) is 13.2 Å². The summed E-state index contributed by atoms with van der Waals surface area (Å²) in [5.74, 6) is -1.54. The number of aromatic nitrogens is 2. The second-order valence-corrected chi connectivity index (χ2v) is 3.91. The molecule has 0 amide bonds. The van der Waals surface area contributed by atoms with Gasteiger partial charge >= 0.3 is 12.1 Å². The fourth-order valence-electron chi connectivity index (χ4n) is 1.50. The first kappa shape index (κ1) is 14.2. The third-order valence-electron chi connectivity index (χ3n) is 2.45. The normalized spacial score (nSPS) is 11.6. The van der Waals surface area contributed by atoms with Gasteiger partial charge in [0.1, 0.15) is 0 Å². The van der Waals surface area contributed by atoms with Crippen LogP contribution in [0.25, 0.3) is 11.4 Å². The third-order valence-corrected chi connectivity index (χ3v) is 2.45. The Bertz CT molecular complexity index is 605. The molecule has 0 radical (unpaired) electrons. The topological polar surface area (TPSA) is 72.0 Å². The van der Waals surface area contributed by atoms with Crippen molar-refractivity contribution in [2.75, 3.05) is 13.7 Å². The van der Waals surface area contributed by atoms with Crippen LogP contribution in [0, 0.1) is 5.41 Å². The lowest BCUT2D eigenvalue weighted by Crippen LogP contribution is -2.06. The van der Waals surface area contributed by atoms with Gasteiger partial charge in [0.2, 0.25) is 5.82 Å². The molecule has 0 aliphatic carbocycles. The predicted octanol–water partition coefficient (Wildman–Crippen LogP) is 2.77. The minimum Gasteiger partial charge on any atom is -0.378 e. The van der Waals surface area contributed by atoms with Crippen LogP contribution in [0.5, 0.6) is 0 Å². The molecule has 5 nitrogen and oxygen atoms in total. The van der Waals surface area contributed by atoms with Crippen molar-refractivity contribution >= 4 is 5.71 Å². The van der Waals surface area contributed by atoms with Crippen molar-refractivity contribution in [1.82, 2.24) is 10.1 Å². The Morgan fingerprint density at radius 2 is 1.95 bits per heavy atom. The fourth-order valence-corrected chi connectivity index (χ4v) is 1.50. The lowest BCUT2D eigenvalue weighted by atomic mass is 10.1. The van der Waals surface area contributed by atoms with Crippen molar-refractivity contribution in [3.63, 3.8) is 0 Å². The number of nitrogens with zero attached hydrogens (tertiary/aromatic N) is 2. The minimum absolute atomic E-state index is 0.151. The summed E-state index contributed by atoms with van der Waals surface area (Å²) in [4.78, 5) is 3.28. The summed E-state index contributed by atoms with van der Waals surface area (Å²) in [7, 11) is 1.47. The Morgan fingerprint density at radius 1 is 1.30 bits per heavy atom. The highest BCUT2D eigenvalue weighted by molar-refractivity contribution is 5.99. The van der Waals surface area contributed by atoms with Gasteiger partial charge in [-0.3, -0.25) is 0 Å². The molecule has 0 fully saturated rings. The van der Waals surface area contributed by atoms with E-state index in [-0.39, 0.29) is 18.1 Å². The van der Waals surface area contributed by atoms with Crippen molar-refractivity contribution in [3.05, 3.63) is 35.7 Å². The molecule has 0 spiro atoms. The lowest BCUT2D eigenvalue weighted by molar-refractivity contribution is -0.159. The Balaban J connectivity index is 2.22. The first-order valence-corrected chi connectivity index (χ1v) is 5.50. The SMILES string of the molecule is COCC(=N)c1ccc(-c2noc(C(F)(F)F)n2)cc1. The highest BCUT2D eigenvalue weighted by Gasteiger charge is 2.38. The van der Waals surface area contributed by atoms with Gasteiger partial charge in [-0.2, -0.15) is 18.2 Å². The molecule has 0 aliphatic heterocycles. The molecule has 2 aromatic rings. The summed E-state index contributed by atoms with van der Waals surface area (Å²) < 4.78 is 46.0. The molecule has 0 saturated heterocycles. The van der Waals surface area contributed by atoms with E-state index >= 15 is 0 Å². The second-order valence-electron chi connectivity index (χ2n) is 3.91. The van der Waals surface area contributed by atoms with Gasteiger partial charge < -0.3 is 14.7 Å². The molecule has 0 saturated carbocycles. The molecule has 20 heavy (non-hydrogen) atoms. The van der Waals surface area contributed by atoms with Gasteiger partial charge in [-0.05, 0) is 5.56 Å². The zero-order valence-electron chi connectivity index (χ0n) is 10.4. The third kappa shape index (κ3) is 3.02. The quantitative estimate of drug-likeness (QED) is 0.877. The van der Waals surface area contributed by atoms with Gasteiger partial charge in [0, 0.05) is 12.7 Å². The fraction of sp³-hybridized carbons (Fsp3) is 0.250. The standard InChI is InChI=1S/C12H10F3N3O2/c1-19-6-9(16)7-2-4-8(5-3-7)10-17-11(20-18-10)12(13,14)15/h2-5,16H,6H2,1H3. The smallest absolute Gasteiger partial charge is 0.378 e. The Kier molecular flexibility index (Phi) is 3.84. The van der Waals surface area contributed by atoms with E-state index in [1.54, 1.807) is 12.1 Å². The molecular formula is C12H10F3N3O2. The Morgan fingerprint density at radius 3 is 2.45 bits per heavy atom. The monoisotopic (exact) mass is 285 g/mol. The summed E-state index contributed by atoms with van der Waals surface area (Å²) in [5.41, 5.74) is 1.25. The van der Waals surface area contributed by atoms with Crippen LogP contribution in [-0.2, 0) is 10.9 Å². The average molecular weight is 285 g/mol. The molecule has 106 valence electrons. The van der Waals surface area contributed by atoms with Crippen molar-refractivity contribution in [2.24, 2.45) is 0 Å². The zero-order chi connectivity index (χ0) is 14.8. The van der Waals surface area contributed by atoms with Gasteiger partial charge in [0.25, 0.3) is 0 Å². The summed E-state index contributed by atoms with van der Waals surface area (Å²) in [6.07, 6.45) is -4.66. The van der Waals surface area contributed by atoms with Gasteiger partial charge in [-0.25, -0.2) is 0 Å². The van der Waals surface area contributed by atoms with Crippen LogP contribution < -0.4 is 0 Å². The van der Waals surface area contributed by atoms with Crippen LogP contribution >= 0.6 is 0 Å². The summed E-state index contributed by atoms with van der Waals surface area (Å²) in [5, 5.41) is 10.9. The Hall–Kier alpha value is -2.22. The number of alkyl halides is 3. The molecule has 1 heterocycles. The average Bonchev–Trinajstić information content (AvgIpc) is 2.89. The molecular weight excluding hydrogens is 275 g/mol. The van der Waals surface area contributed by atoms with Gasteiger partial charge in [0.05, 0.1) is 12.3 Å². The summed E-state index contributed by atoms with van der Waals surface area (Å²) >= 11 is 0. The number of benzene rings is 1. The molecule has 0 unspecified atom stereocenters. The van der Waals surface area contributed by atoms with Crippen molar-refractivity contribution in [3.8, 4) is 11.4 Å². The molecule has 1 N–H and O–H groups in total. The van der Waals surface area contributed by atoms with E-state index in [9.17, 15) is 13.2 Å². The first-order valence-electron chi connectivity index (χ1n) is 5.50. The number of rotatable bonds is 4. The van der Waals surface area contributed by atoms with Crippen LogP contribution in [0.15, 0.2) is 28.8 Å². The van der Waals surface area contributed by atoms with Crippen LogP contribution in [0.3, 0.4) is 0 Å². The second kappa shape index (κ2) is 5.41. The maximum atomic E-state index is 12.3. The van der Waals surface area contributed by atoms with E-state index < -0.39 is 12.1 Å². The van der Waals surface area contributed by atoms with Crippen molar-refractivity contribution < 1.29 is 22.4 Å². The highest BCUT2D eigenvalue weighted by atomic mass is 19.4. The number of ether oxygens (including phenoxy) is 1. The number of hydrogen-bond donors (Lipinski definition) is 1. The van der Waals surface area contributed by atoms with Crippen LogP contribution in [-0.4, -0.2) is 29.6 Å². The van der Waals surface area contributed by atoms with E-state index in [1.807, 2.05) is 0 Å². The number of hydrogen-bond acceptors (Lipinski definition) is 5. The van der Waals surface area contributed by atoms with E-state index in [0.29, 0.717) is 11.1 Å².